The molecule has 0 aliphatic carbocycles. The van der Waals surface area contributed by atoms with Crippen molar-refractivity contribution in [3.8, 4) is 0 Å². The van der Waals surface area contributed by atoms with E-state index in [9.17, 15) is 9.90 Å². The number of carboxylic acids is 1. The molecule has 3 aromatic rings. The van der Waals surface area contributed by atoms with Gasteiger partial charge in [0.25, 0.3) is 0 Å². The minimum absolute atomic E-state index is 0.0652. The Morgan fingerprint density at radius 2 is 2.05 bits per heavy atom. The maximum Gasteiger partial charge on any atom is 0.326 e. The second-order valence-electron chi connectivity index (χ2n) is 9.71. The number of fused-ring (bicyclic) bond motifs is 2. The Bertz CT molecular complexity index is 1170. The number of unbranched alkanes of at least 4 members (excludes halogenated alkanes) is 1. The van der Waals surface area contributed by atoms with Gasteiger partial charge in [0.2, 0.25) is 0 Å². The van der Waals surface area contributed by atoms with Crippen LogP contribution >= 0.6 is 0 Å². The van der Waals surface area contributed by atoms with Crippen LogP contribution in [0.5, 0.6) is 0 Å². The molecular weight excluding hydrogens is 468 g/mol. The van der Waals surface area contributed by atoms with Crippen molar-refractivity contribution < 1.29 is 14.6 Å². The van der Waals surface area contributed by atoms with Gasteiger partial charge in [-0.05, 0) is 75.8 Å². The van der Waals surface area contributed by atoms with Crippen molar-refractivity contribution in [1.82, 2.24) is 19.9 Å². The van der Waals surface area contributed by atoms with Gasteiger partial charge >= 0.3 is 5.97 Å². The van der Waals surface area contributed by atoms with E-state index in [0.717, 1.165) is 74.2 Å². The average Bonchev–Trinajstić information content (AvgIpc) is 2.92. The Morgan fingerprint density at radius 3 is 2.89 bits per heavy atom. The first-order chi connectivity index (χ1) is 18.0. The number of pyridine rings is 1. The van der Waals surface area contributed by atoms with Crippen LogP contribution in [0.2, 0.25) is 0 Å². The SMILES string of the molecule is CO[C@H](C)CN(CCCCc1ccc2c(n1)NCCC2)CCC(Nc1ncnc2ccccc12)C(=O)O. The number of benzene rings is 1. The largest absolute Gasteiger partial charge is 0.480 e. The Morgan fingerprint density at radius 1 is 1.19 bits per heavy atom. The number of carboxylic acid groups (broad SMARTS) is 1. The van der Waals surface area contributed by atoms with E-state index in [0.29, 0.717) is 18.8 Å². The van der Waals surface area contributed by atoms with E-state index in [2.05, 4.69) is 37.6 Å². The summed E-state index contributed by atoms with van der Waals surface area (Å²) >= 11 is 0. The second kappa shape index (κ2) is 13.3. The average molecular weight is 507 g/mol. The fourth-order valence-electron chi connectivity index (χ4n) is 4.74. The molecule has 2 atom stereocenters. The number of hydrogen-bond acceptors (Lipinski definition) is 8. The van der Waals surface area contributed by atoms with Crippen molar-refractivity contribution in [3.05, 3.63) is 54.0 Å². The van der Waals surface area contributed by atoms with Gasteiger partial charge in [-0.2, -0.15) is 0 Å². The fraction of sp³-hybridized carbons (Fsp3) is 0.500. The van der Waals surface area contributed by atoms with Crippen LogP contribution in [0.15, 0.2) is 42.7 Å². The number of carbonyl (C=O) groups is 1. The number of methoxy groups -OCH3 is 1. The molecule has 3 heterocycles. The zero-order chi connectivity index (χ0) is 26.0. The van der Waals surface area contributed by atoms with Crippen LogP contribution in [-0.2, 0) is 22.4 Å². The van der Waals surface area contributed by atoms with E-state index >= 15 is 0 Å². The summed E-state index contributed by atoms with van der Waals surface area (Å²) in [4.78, 5) is 27.8. The lowest BCUT2D eigenvalue weighted by atomic mass is 10.1. The third kappa shape index (κ3) is 7.60. The minimum atomic E-state index is -0.894. The molecule has 0 radical (unpaired) electrons. The van der Waals surface area contributed by atoms with Gasteiger partial charge < -0.3 is 25.4 Å². The molecule has 1 aromatic carbocycles. The molecule has 198 valence electrons. The van der Waals surface area contributed by atoms with E-state index in [1.54, 1.807) is 7.11 Å². The van der Waals surface area contributed by atoms with E-state index in [1.807, 2.05) is 31.2 Å². The summed E-state index contributed by atoms with van der Waals surface area (Å²) in [6.07, 6.45) is 7.20. The summed E-state index contributed by atoms with van der Waals surface area (Å²) in [6, 6.07) is 11.2. The summed E-state index contributed by atoms with van der Waals surface area (Å²) in [7, 11) is 1.71. The number of anilines is 2. The number of nitrogens with zero attached hydrogens (tertiary/aromatic N) is 4. The predicted molar refractivity (Wildman–Crippen MR) is 146 cm³/mol. The van der Waals surface area contributed by atoms with Crippen LogP contribution < -0.4 is 10.6 Å². The first kappa shape index (κ1) is 26.8. The monoisotopic (exact) mass is 506 g/mol. The highest BCUT2D eigenvalue weighted by Gasteiger charge is 2.21. The van der Waals surface area contributed by atoms with Crippen molar-refractivity contribution in [1.29, 1.82) is 0 Å². The molecule has 4 rings (SSSR count). The van der Waals surface area contributed by atoms with Gasteiger partial charge in [0.15, 0.2) is 0 Å². The van der Waals surface area contributed by atoms with Crippen LogP contribution in [-0.4, -0.2) is 76.4 Å². The molecule has 0 bridgehead atoms. The molecule has 0 saturated heterocycles. The molecule has 0 saturated carbocycles. The molecular formula is C28H38N6O3. The van der Waals surface area contributed by atoms with Crippen molar-refractivity contribution in [2.75, 3.05) is 43.9 Å². The van der Waals surface area contributed by atoms with Crippen LogP contribution in [0, 0.1) is 0 Å². The quantitative estimate of drug-likeness (QED) is 0.279. The van der Waals surface area contributed by atoms with Gasteiger partial charge in [-0.15, -0.1) is 0 Å². The number of para-hydroxylation sites is 1. The number of aromatic nitrogens is 3. The van der Waals surface area contributed by atoms with Crippen molar-refractivity contribution >= 4 is 28.5 Å². The predicted octanol–water partition coefficient (Wildman–Crippen LogP) is 4.00. The Labute approximate surface area is 218 Å². The summed E-state index contributed by atoms with van der Waals surface area (Å²) in [6.45, 7) is 5.30. The van der Waals surface area contributed by atoms with Crippen LogP contribution in [0.1, 0.15) is 43.9 Å². The van der Waals surface area contributed by atoms with Crippen molar-refractivity contribution in [3.63, 3.8) is 0 Å². The minimum Gasteiger partial charge on any atom is -0.480 e. The van der Waals surface area contributed by atoms with Gasteiger partial charge in [0.1, 0.15) is 24.0 Å². The molecule has 0 spiro atoms. The lowest BCUT2D eigenvalue weighted by Crippen LogP contribution is -2.38. The van der Waals surface area contributed by atoms with Gasteiger partial charge in [-0.1, -0.05) is 18.2 Å². The molecule has 0 fully saturated rings. The highest BCUT2D eigenvalue weighted by atomic mass is 16.5. The third-order valence-corrected chi connectivity index (χ3v) is 6.91. The van der Waals surface area contributed by atoms with Gasteiger partial charge in [0.05, 0.1) is 11.6 Å². The number of rotatable bonds is 14. The first-order valence-corrected chi connectivity index (χ1v) is 13.2. The van der Waals surface area contributed by atoms with Gasteiger partial charge in [-0.25, -0.2) is 19.7 Å². The Hall–Kier alpha value is -3.30. The van der Waals surface area contributed by atoms with Gasteiger partial charge in [0, 0.05) is 37.8 Å². The molecule has 2 aromatic heterocycles. The number of aryl methyl sites for hydroxylation is 2. The molecule has 0 amide bonds. The smallest absolute Gasteiger partial charge is 0.326 e. The first-order valence-electron chi connectivity index (χ1n) is 13.2. The zero-order valence-electron chi connectivity index (χ0n) is 21.8. The van der Waals surface area contributed by atoms with Gasteiger partial charge in [-0.3, -0.25) is 0 Å². The fourth-order valence-corrected chi connectivity index (χ4v) is 4.74. The number of hydrogen-bond donors (Lipinski definition) is 3. The van der Waals surface area contributed by atoms with Crippen molar-refractivity contribution in [2.24, 2.45) is 0 Å². The molecule has 3 N–H and O–H groups in total. The number of aliphatic carboxylic acids is 1. The lowest BCUT2D eigenvalue weighted by molar-refractivity contribution is -0.138. The highest BCUT2D eigenvalue weighted by molar-refractivity contribution is 5.90. The highest BCUT2D eigenvalue weighted by Crippen LogP contribution is 2.21. The third-order valence-electron chi connectivity index (χ3n) is 6.91. The summed E-state index contributed by atoms with van der Waals surface area (Å²) < 4.78 is 5.50. The lowest BCUT2D eigenvalue weighted by Gasteiger charge is -2.27. The van der Waals surface area contributed by atoms with E-state index in [-0.39, 0.29) is 6.10 Å². The second-order valence-corrected chi connectivity index (χ2v) is 9.71. The molecule has 1 unspecified atom stereocenters. The maximum atomic E-state index is 12.1. The van der Waals surface area contributed by atoms with E-state index in [4.69, 9.17) is 9.72 Å². The standard InChI is InChI=1S/C28H38N6O3/c1-20(37-2)18-34(16-6-5-9-22-13-12-21-8-7-15-29-26(21)32-22)17-14-25(28(35)36)33-27-23-10-3-4-11-24(23)30-19-31-27/h3-4,10-13,19-20,25H,5-9,14-18H2,1-2H3,(H,29,32)(H,35,36)(H,30,31,33)/t20-,25?/m1/s1. The van der Waals surface area contributed by atoms with Crippen molar-refractivity contribution in [2.45, 2.75) is 57.6 Å². The van der Waals surface area contributed by atoms with Crippen LogP contribution in [0.3, 0.4) is 0 Å². The zero-order valence-corrected chi connectivity index (χ0v) is 21.8. The summed E-state index contributed by atoms with van der Waals surface area (Å²) in [5, 5.41) is 17.3. The normalized spacial score (nSPS) is 14.7. The molecule has 1 aliphatic heterocycles. The number of nitrogens with one attached hydrogen (secondary N) is 2. The Balaban J connectivity index is 1.32. The maximum absolute atomic E-state index is 12.1. The summed E-state index contributed by atoms with van der Waals surface area (Å²) in [5.74, 6) is 0.694. The van der Waals surface area contributed by atoms with Crippen LogP contribution in [0.25, 0.3) is 10.9 Å². The molecule has 1 aliphatic rings. The molecule has 9 nitrogen and oxygen atoms in total. The molecule has 9 heteroatoms. The molecule has 37 heavy (non-hydrogen) atoms. The Kier molecular flexibility index (Phi) is 9.62. The number of ether oxygens (including phenoxy) is 1. The topological polar surface area (TPSA) is 113 Å². The van der Waals surface area contributed by atoms with E-state index < -0.39 is 12.0 Å². The summed E-state index contributed by atoms with van der Waals surface area (Å²) in [5.41, 5.74) is 3.22. The van der Waals surface area contributed by atoms with Crippen LogP contribution in [0.4, 0.5) is 11.6 Å². The van der Waals surface area contributed by atoms with E-state index in [1.165, 1.54) is 11.9 Å².